The Morgan fingerprint density at radius 1 is 0.889 bits per heavy atom. The van der Waals surface area contributed by atoms with E-state index in [1.807, 2.05) is 0 Å². The van der Waals surface area contributed by atoms with Crippen molar-refractivity contribution in [1.29, 1.82) is 0 Å². The summed E-state index contributed by atoms with van der Waals surface area (Å²) in [6, 6.07) is 6.41. The molecule has 0 atom stereocenters. The number of benzene rings is 1. The fourth-order valence-electron chi connectivity index (χ4n) is 1.43. The molecule has 0 fully saturated rings. The Balaban J connectivity index is 2.36. The van der Waals surface area contributed by atoms with Crippen LogP contribution in [0.4, 0.5) is 0 Å². The normalized spacial score (nSPS) is 10.6. The van der Waals surface area contributed by atoms with Crippen LogP contribution in [0.3, 0.4) is 0 Å². The van der Waals surface area contributed by atoms with Crippen LogP contribution in [0, 0.1) is 0 Å². The fourth-order valence-corrected chi connectivity index (χ4v) is 2.31. The molecule has 0 bridgehead atoms. The van der Waals surface area contributed by atoms with Gasteiger partial charge in [0.15, 0.2) is 0 Å². The molecule has 18 heavy (non-hydrogen) atoms. The lowest BCUT2D eigenvalue weighted by Crippen LogP contribution is -2.10. The lowest BCUT2D eigenvalue weighted by atomic mass is 10.1. The van der Waals surface area contributed by atoms with Crippen LogP contribution in [-0.4, -0.2) is 33.5 Å². The van der Waals surface area contributed by atoms with E-state index in [1.54, 1.807) is 7.11 Å². The third kappa shape index (κ3) is 6.53. The molecule has 1 aromatic rings. The van der Waals surface area contributed by atoms with Gasteiger partial charge in [0.1, 0.15) is 12.4 Å². The zero-order valence-electron chi connectivity index (χ0n) is 10.5. The van der Waals surface area contributed by atoms with Gasteiger partial charge in [-0.25, -0.2) is 0 Å². The molecule has 0 aromatic heterocycles. The Hall–Kier alpha value is 0.400. The van der Waals surface area contributed by atoms with Crippen molar-refractivity contribution in [3.8, 4) is 5.75 Å². The summed E-state index contributed by atoms with van der Waals surface area (Å²) >= 11 is 4.73. The number of rotatable bonds is 9. The third-order valence-electron chi connectivity index (χ3n) is 2.26. The quantitative estimate of drug-likeness (QED) is 0.310. The monoisotopic (exact) mass is 476 g/mol. The SMILES string of the molecule is COCCOCCOc1cc(CI)cc(CI)c1. The second kappa shape index (κ2) is 10.2. The molecular weight excluding hydrogens is 458 g/mol. The third-order valence-corrected chi connectivity index (χ3v) is 4.02. The molecule has 0 radical (unpaired) electrons. The number of hydrogen-bond donors (Lipinski definition) is 0. The highest BCUT2D eigenvalue weighted by atomic mass is 127. The molecule has 0 amide bonds. The molecule has 0 unspecified atom stereocenters. The first-order valence-electron chi connectivity index (χ1n) is 5.74. The molecule has 0 saturated heterocycles. The van der Waals surface area contributed by atoms with Crippen molar-refractivity contribution in [3.63, 3.8) is 0 Å². The zero-order chi connectivity index (χ0) is 13.2. The van der Waals surface area contributed by atoms with Gasteiger partial charge in [-0.1, -0.05) is 51.2 Å². The van der Waals surface area contributed by atoms with Gasteiger partial charge >= 0.3 is 0 Å². The van der Waals surface area contributed by atoms with Gasteiger partial charge in [0.25, 0.3) is 0 Å². The first-order valence-corrected chi connectivity index (χ1v) is 8.79. The van der Waals surface area contributed by atoms with Gasteiger partial charge in [-0.15, -0.1) is 0 Å². The number of alkyl halides is 2. The molecule has 1 aromatic carbocycles. The minimum absolute atomic E-state index is 0.578. The van der Waals surface area contributed by atoms with Crippen molar-refractivity contribution in [2.24, 2.45) is 0 Å². The van der Waals surface area contributed by atoms with Gasteiger partial charge in [0, 0.05) is 16.0 Å². The Morgan fingerprint density at radius 2 is 1.50 bits per heavy atom. The van der Waals surface area contributed by atoms with Crippen LogP contribution in [0.5, 0.6) is 5.75 Å². The van der Waals surface area contributed by atoms with E-state index in [-0.39, 0.29) is 0 Å². The van der Waals surface area contributed by atoms with E-state index >= 15 is 0 Å². The first kappa shape index (κ1) is 16.5. The van der Waals surface area contributed by atoms with E-state index in [0.29, 0.717) is 26.4 Å². The van der Waals surface area contributed by atoms with Gasteiger partial charge in [0.05, 0.1) is 19.8 Å². The minimum atomic E-state index is 0.578. The van der Waals surface area contributed by atoms with E-state index in [0.717, 1.165) is 14.6 Å². The van der Waals surface area contributed by atoms with Gasteiger partial charge in [-0.2, -0.15) is 0 Å². The Morgan fingerprint density at radius 3 is 2.06 bits per heavy atom. The van der Waals surface area contributed by atoms with Crippen LogP contribution in [0.15, 0.2) is 18.2 Å². The fraction of sp³-hybridized carbons (Fsp3) is 0.538. The molecule has 102 valence electrons. The van der Waals surface area contributed by atoms with Crippen LogP contribution in [0.1, 0.15) is 11.1 Å². The highest BCUT2D eigenvalue weighted by molar-refractivity contribution is 14.1. The van der Waals surface area contributed by atoms with Crippen LogP contribution >= 0.6 is 45.2 Å². The molecule has 0 spiro atoms. The summed E-state index contributed by atoms with van der Waals surface area (Å²) in [6.07, 6.45) is 0. The van der Waals surface area contributed by atoms with Crippen LogP contribution in [0.2, 0.25) is 0 Å². The summed E-state index contributed by atoms with van der Waals surface area (Å²) in [5.41, 5.74) is 2.61. The smallest absolute Gasteiger partial charge is 0.120 e. The lowest BCUT2D eigenvalue weighted by Gasteiger charge is -2.09. The summed E-state index contributed by atoms with van der Waals surface area (Å²) in [5, 5.41) is 0. The molecule has 0 aliphatic heterocycles. The van der Waals surface area contributed by atoms with E-state index < -0.39 is 0 Å². The molecule has 0 saturated carbocycles. The van der Waals surface area contributed by atoms with Crippen LogP contribution in [-0.2, 0) is 18.3 Å². The minimum Gasteiger partial charge on any atom is -0.491 e. The number of methoxy groups -OCH3 is 1. The van der Waals surface area contributed by atoms with Crippen molar-refractivity contribution >= 4 is 45.2 Å². The number of halogens is 2. The maximum absolute atomic E-state index is 5.70. The van der Waals surface area contributed by atoms with Gasteiger partial charge in [-0.3, -0.25) is 0 Å². The van der Waals surface area contributed by atoms with E-state index in [2.05, 4.69) is 63.4 Å². The molecule has 0 aliphatic rings. The number of hydrogen-bond acceptors (Lipinski definition) is 3. The predicted octanol–water partition coefficient (Wildman–Crippen LogP) is 3.60. The Bertz CT molecular complexity index is 323. The topological polar surface area (TPSA) is 27.7 Å². The van der Waals surface area contributed by atoms with E-state index in [1.165, 1.54) is 11.1 Å². The zero-order valence-corrected chi connectivity index (χ0v) is 14.8. The summed E-state index contributed by atoms with van der Waals surface area (Å²) in [7, 11) is 1.67. The van der Waals surface area contributed by atoms with Crippen molar-refractivity contribution in [1.82, 2.24) is 0 Å². The van der Waals surface area contributed by atoms with Crippen LogP contribution in [0.25, 0.3) is 0 Å². The average molecular weight is 476 g/mol. The van der Waals surface area contributed by atoms with Gasteiger partial charge in [-0.05, 0) is 23.3 Å². The maximum Gasteiger partial charge on any atom is 0.120 e. The molecular formula is C13H18I2O3. The molecule has 0 heterocycles. The standard InChI is InChI=1S/C13H18I2O3/c1-16-2-3-17-4-5-18-13-7-11(9-14)6-12(8-13)10-15/h6-8H,2-5,9-10H2,1H3. The highest BCUT2D eigenvalue weighted by Crippen LogP contribution is 2.21. The second-order valence-electron chi connectivity index (χ2n) is 3.71. The summed E-state index contributed by atoms with van der Waals surface area (Å²) in [4.78, 5) is 0. The molecule has 0 aliphatic carbocycles. The van der Waals surface area contributed by atoms with Crippen LogP contribution < -0.4 is 4.74 Å². The molecule has 0 N–H and O–H groups in total. The molecule has 3 nitrogen and oxygen atoms in total. The summed E-state index contributed by atoms with van der Waals surface area (Å²) < 4.78 is 18.0. The summed E-state index contributed by atoms with van der Waals surface area (Å²) in [5.74, 6) is 0.936. The second-order valence-corrected chi connectivity index (χ2v) is 5.23. The Labute approximate surface area is 136 Å². The van der Waals surface area contributed by atoms with Crippen molar-refractivity contribution in [3.05, 3.63) is 29.3 Å². The molecule has 5 heteroatoms. The molecule has 1 rings (SSSR count). The van der Waals surface area contributed by atoms with Crippen molar-refractivity contribution in [2.45, 2.75) is 8.86 Å². The Kier molecular flexibility index (Phi) is 9.34. The van der Waals surface area contributed by atoms with E-state index in [9.17, 15) is 0 Å². The first-order chi connectivity index (χ1) is 8.80. The van der Waals surface area contributed by atoms with E-state index in [4.69, 9.17) is 14.2 Å². The van der Waals surface area contributed by atoms with Gasteiger partial charge < -0.3 is 14.2 Å². The van der Waals surface area contributed by atoms with Gasteiger partial charge in [0.2, 0.25) is 0 Å². The predicted molar refractivity (Wildman–Crippen MR) is 90.1 cm³/mol. The van der Waals surface area contributed by atoms with Crippen molar-refractivity contribution in [2.75, 3.05) is 33.5 Å². The van der Waals surface area contributed by atoms with Crippen molar-refractivity contribution < 1.29 is 14.2 Å². The lowest BCUT2D eigenvalue weighted by molar-refractivity contribution is 0.0544. The average Bonchev–Trinajstić information content (AvgIpc) is 2.42. The summed E-state index contributed by atoms with van der Waals surface area (Å²) in [6.45, 7) is 2.42. The highest BCUT2D eigenvalue weighted by Gasteiger charge is 2.01. The number of ether oxygens (including phenoxy) is 3. The largest absolute Gasteiger partial charge is 0.491 e. The maximum atomic E-state index is 5.70.